The fraction of sp³-hybridized carbons (Fsp3) is 0.512. The highest BCUT2D eigenvalue weighted by atomic mass is 35.5. The Kier molecular flexibility index (Phi) is 18.1. The van der Waals surface area contributed by atoms with Crippen LogP contribution in [0.2, 0.25) is 0 Å². The summed E-state index contributed by atoms with van der Waals surface area (Å²) in [5, 5.41) is 26.3. The zero-order valence-electron chi connectivity index (χ0n) is 37.7. The molecule has 21 heteroatoms. The largest absolute Gasteiger partial charge is 0.443 e. The monoisotopic (exact) mass is 940 g/mol. The quantitative estimate of drug-likeness (QED) is 0.166. The lowest BCUT2D eigenvalue weighted by Crippen LogP contribution is -2.45. The number of amides is 1. The molecule has 0 unspecified atom stereocenters. The minimum atomic E-state index is -4.01. The number of nitrogens with zero attached hydrogens (tertiary/aromatic N) is 8. The van der Waals surface area contributed by atoms with Crippen LogP contribution in [0, 0.1) is 50.4 Å². The van der Waals surface area contributed by atoms with Crippen molar-refractivity contribution in [3.05, 3.63) is 70.0 Å². The average molecular weight is 942 g/mol. The molecule has 6 rings (SSSR count). The summed E-state index contributed by atoms with van der Waals surface area (Å²) in [5.74, 6) is 0. The molecule has 1 amide bonds. The van der Waals surface area contributed by atoms with Gasteiger partial charge in [-0.25, -0.2) is 19.4 Å². The molecule has 2 fully saturated rings. The summed E-state index contributed by atoms with van der Waals surface area (Å²) in [5.41, 5.74) is 8.63. The fourth-order valence-corrected chi connectivity index (χ4v) is 8.75. The minimum Gasteiger partial charge on any atom is -0.443 e. The molecule has 0 saturated carbocycles. The number of nitriles is 2. The van der Waals surface area contributed by atoms with Crippen molar-refractivity contribution >= 4 is 72.1 Å². The summed E-state index contributed by atoms with van der Waals surface area (Å²) in [7, 11) is -7.67. The predicted molar refractivity (Wildman–Crippen MR) is 253 cm³/mol. The van der Waals surface area contributed by atoms with Gasteiger partial charge in [-0.1, -0.05) is 0 Å². The number of carbonyl (C=O) groups excluding carboxylic acids is 1. The Hall–Kier alpha value is -4.90. The summed E-state index contributed by atoms with van der Waals surface area (Å²) in [6.07, 6.45) is 4.07. The summed E-state index contributed by atoms with van der Waals surface area (Å²) in [6, 6.07) is 12.9. The average Bonchev–Trinajstić information content (AvgIpc) is 3.57. The molecule has 0 atom stereocenters. The first-order valence-corrected chi connectivity index (χ1v) is 24.0. The number of nitrogens with two attached hydrogens (primary N) is 1. The van der Waals surface area contributed by atoms with Crippen molar-refractivity contribution in [1.29, 1.82) is 10.5 Å². The number of hydrogen-bond donors (Lipinski definition) is 4. The number of fused-ring (bicyclic) bond motifs is 2. The minimum absolute atomic E-state index is 0. The Labute approximate surface area is 383 Å². The summed E-state index contributed by atoms with van der Waals surface area (Å²) in [6.45, 7) is 21.0. The molecule has 2 saturated heterocycles. The molecule has 4 heterocycles. The maximum atomic E-state index is 12.1. The maximum Gasteiger partial charge on any atom is 0.422 e. The van der Waals surface area contributed by atoms with Gasteiger partial charge in [0, 0.05) is 88.6 Å². The lowest BCUT2D eigenvalue weighted by Gasteiger charge is -2.26. The van der Waals surface area contributed by atoms with E-state index in [0.717, 1.165) is 96.4 Å². The molecule has 2 aromatic heterocycles. The van der Waals surface area contributed by atoms with Crippen molar-refractivity contribution in [2.75, 3.05) is 88.3 Å². The first-order valence-electron chi connectivity index (χ1n) is 21.0. The Morgan fingerprint density at radius 3 is 1.53 bits per heavy atom. The highest BCUT2D eigenvalue weighted by molar-refractivity contribution is 7.88. The summed E-state index contributed by atoms with van der Waals surface area (Å²) in [4.78, 5) is 29.6. The zero-order valence-corrected chi connectivity index (χ0v) is 40.1. The molecule has 64 heavy (non-hydrogen) atoms. The van der Waals surface area contributed by atoms with E-state index < -0.39 is 32.1 Å². The molecule has 0 bridgehead atoms. The molecule has 5 N–H and O–H groups in total. The van der Waals surface area contributed by atoms with Gasteiger partial charge in [0.15, 0.2) is 0 Å². The number of hydrogen-bond acceptors (Lipinski definition) is 14. The van der Waals surface area contributed by atoms with Gasteiger partial charge >= 0.3 is 16.3 Å². The topological polar surface area (TPSA) is 243 Å². The molecule has 4 aromatic rings. The number of rotatable bonds is 11. The zero-order chi connectivity index (χ0) is 46.1. The van der Waals surface area contributed by atoms with Crippen LogP contribution < -0.4 is 29.1 Å². The number of aryl methyl sites for hydroxylation is 4. The third kappa shape index (κ3) is 14.6. The van der Waals surface area contributed by atoms with Crippen molar-refractivity contribution in [3.8, 4) is 12.1 Å². The second kappa shape index (κ2) is 22.3. The van der Waals surface area contributed by atoms with Gasteiger partial charge in [-0.05, 0) is 121 Å². The number of aromatic nitrogens is 2. The molecule has 2 aliphatic heterocycles. The van der Waals surface area contributed by atoms with E-state index in [0.29, 0.717) is 43.9 Å². The Morgan fingerprint density at radius 2 is 1.12 bits per heavy atom. The van der Waals surface area contributed by atoms with Gasteiger partial charge in [0.1, 0.15) is 17.7 Å². The van der Waals surface area contributed by atoms with Crippen LogP contribution in [-0.2, 0) is 25.2 Å². The van der Waals surface area contributed by atoms with Crippen LogP contribution in [0.25, 0.3) is 21.8 Å². The SMILES string of the molecule is Cc1cc2ncc(C#N)c(N3CCCN(CCNS(=O)(=O)NC(=O)OC(C)(C)C)CC3)c2cc1C.Cc1cc2ncc(C#N)c(N3CCCN(CCNS(N)(=O)=O)CC3)c2cc1C.Cl. The number of nitrogens with one attached hydrogen (secondary N) is 3. The predicted octanol–water partition coefficient (Wildman–Crippen LogP) is 4.04. The second-order valence-corrected chi connectivity index (χ2v) is 19.9. The third-order valence-electron chi connectivity index (χ3n) is 11.0. The Balaban J connectivity index is 0.000000283. The standard InChI is InChI=1S/C24H34N6O4S.C19H26N6O2S.ClH/c1-17-13-20-21(14-18(17)2)26-16-19(15-25)22(20)30-9-6-8-29(11-12-30)10-7-27-35(32,33)28-23(31)34-24(3,4)5;1-14-10-17-18(11-15(14)2)22-13-16(12-20)19(17)25-6-3-5-24(8-9-25)7-4-23-28(21,26)27;/h13-14,16,27H,6-12H2,1-5H3,(H,28,31);10-11,13,23H,3-9H2,1-2H3,(H2,21,26,27);1H. The molecule has 0 radical (unpaired) electrons. The normalized spacial score (nSPS) is 15.5. The summed E-state index contributed by atoms with van der Waals surface area (Å²) < 4.78 is 57.9. The van der Waals surface area contributed by atoms with Crippen LogP contribution >= 0.6 is 12.4 Å². The molecule has 2 aliphatic rings. The first-order chi connectivity index (χ1) is 29.7. The van der Waals surface area contributed by atoms with E-state index >= 15 is 0 Å². The van der Waals surface area contributed by atoms with Gasteiger partial charge in [0.25, 0.3) is 10.2 Å². The highest BCUT2D eigenvalue weighted by Gasteiger charge is 2.24. The molecule has 0 aliphatic carbocycles. The van der Waals surface area contributed by atoms with Gasteiger partial charge in [-0.2, -0.15) is 32.1 Å². The number of carbonyl (C=O) groups is 1. The molecular formula is C43H61ClN12O6S2. The van der Waals surface area contributed by atoms with E-state index in [1.165, 1.54) is 11.1 Å². The number of halogens is 1. The van der Waals surface area contributed by atoms with Gasteiger partial charge < -0.3 is 24.3 Å². The van der Waals surface area contributed by atoms with Gasteiger partial charge in [0.2, 0.25) is 0 Å². The van der Waals surface area contributed by atoms with Crippen molar-refractivity contribution in [1.82, 2.24) is 33.9 Å². The van der Waals surface area contributed by atoms with E-state index in [2.05, 4.69) is 103 Å². The lowest BCUT2D eigenvalue weighted by molar-refractivity contribution is 0.0569. The van der Waals surface area contributed by atoms with E-state index in [9.17, 15) is 32.2 Å². The fourth-order valence-electron chi connectivity index (χ4n) is 7.69. The van der Waals surface area contributed by atoms with Gasteiger partial charge in [-0.3, -0.25) is 9.97 Å². The molecular weight excluding hydrogens is 880 g/mol. The molecule has 348 valence electrons. The molecule has 0 spiro atoms. The second-order valence-electron chi connectivity index (χ2n) is 17.0. The smallest absolute Gasteiger partial charge is 0.422 e. The van der Waals surface area contributed by atoms with Crippen LogP contribution in [0.3, 0.4) is 0 Å². The Bertz CT molecular complexity index is 2610. The maximum absolute atomic E-state index is 12.1. The number of anilines is 2. The molecule has 18 nitrogen and oxygen atoms in total. The van der Waals surface area contributed by atoms with Crippen LogP contribution in [-0.4, -0.2) is 127 Å². The van der Waals surface area contributed by atoms with Crippen LogP contribution in [0.4, 0.5) is 16.2 Å². The van der Waals surface area contributed by atoms with Crippen LogP contribution in [0.1, 0.15) is 67.0 Å². The Morgan fingerprint density at radius 1 is 0.703 bits per heavy atom. The van der Waals surface area contributed by atoms with Crippen molar-refractivity contribution in [2.45, 2.75) is 66.9 Å². The van der Waals surface area contributed by atoms with E-state index in [1.807, 2.05) is 4.72 Å². The third-order valence-corrected chi connectivity index (χ3v) is 12.7. The van der Waals surface area contributed by atoms with Crippen molar-refractivity contribution < 1.29 is 26.4 Å². The summed E-state index contributed by atoms with van der Waals surface area (Å²) >= 11 is 0. The first kappa shape index (κ1) is 51.7. The van der Waals surface area contributed by atoms with Crippen LogP contribution in [0.15, 0.2) is 36.7 Å². The van der Waals surface area contributed by atoms with Gasteiger partial charge in [0.05, 0.1) is 33.5 Å². The number of benzene rings is 2. The lowest BCUT2D eigenvalue weighted by atomic mass is 10.0. The van der Waals surface area contributed by atoms with Crippen molar-refractivity contribution in [3.63, 3.8) is 0 Å². The highest BCUT2D eigenvalue weighted by Crippen LogP contribution is 2.33. The number of pyridine rings is 2. The van der Waals surface area contributed by atoms with Gasteiger partial charge in [-0.15, -0.1) is 12.4 Å². The number of ether oxygens (including phenoxy) is 1. The molecule has 2 aromatic carbocycles. The van der Waals surface area contributed by atoms with Crippen LogP contribution in [0.5, 0.6) is 0 Å². The van der Waals surface area contributed by atoms with Crippen molar-refractivity contribution in [2.24, 2.45) is 5.14 Å². The van der Waals surface area contributed by atoms with E-state index in [4.69, 9.17) is 9.88 Å². The van der Waals surface area contributed by atoms with E-state index in [-0.39, 0.29) is 19.0 Å². The van der Waals surface area contributed by atoms with E-state index in [1.54, 1.807) is 33.2 Å².